The van der Waals surface area contributed by atoms with E-state index in [1.54, 1.807) is 0 Å². The molecule has 2 unspecified atom stereocenters. The van der Waals surface area contributed by atoms with Gasteiger partial charge in [0, 0.05) is 25.2 Å². The lowest BCUT2D eigenvalue weighted by Crippen LogP contribution is -2.61. The van der Waals surface area contributed by atoms with Crippen molar-refractivity contribution in [2.45, 2.75) is 131 Å². The maximum absolute atomic E-state index is 13.9. The van der Waals surface area contributed by atoms with Crippen molar-refractivity contribution in [3.63, 3.8) is 0 Å². The molecule has 1 saturated carbocycles. The van der Waals surface area contributed by atoms with E-state index in [-0.39, 0.29) is 34.2 Å². The van der Waals surface area contributed by atoms with Crippen LogP contribution in [0.1, 0.15) is 100.0 Å². The molecule has 0 bridgehead atoms. The van der Waals surface area contributed by atoms with E-state index in [1.165, 1.54) is 25.7 Å². The number of β-amino-alcohol motifs (C(OH)–C–C–N with tert-alkyl or cyclic N) is 1. The van der Waals surface area contributed by atoms with Crippen LogP contribution in [0.5, 0.6) is 0 Å². The number of likely N-dealkylation sites (tertiary alicyclic amines) is 1. The van der Waals surface area contributed by atoms with Gasteiger partial charge in [-0.2, -0.15) is 0 Å². The first-order chi connectivity index (χ1) is 19.4. The average molecular weight is 585 g/mol. The van der Waals surface area contributed by atoms with E-state index in [1.807, 2.05) is 51.1 Å². The van der Waals surface area contributed by atoms with Gasteiger partial charge in [0.2, 0.25) is 11.8 Å². The van der Waals surface area contributed by atoms with Crippen molar-refractivity contribution in [2.24, 2.45) is 22.7 Å². The van der Waals surface area contributed by atoms with Gasteiger partial charge in [-0.1, -0.05) is 91.1 Å². The van der Waals surface area contributed by atoms with Crippen LogP contribution in [0.25, 0.3) is 0 Å². The lowest BCUT2D eigenvalue weighted by atomic mass is 9.72. The fraction of sp³-hybridized carbons (Fsp3) is 0.771. The van der Waals surface area contributed by atoms with Crippen molar-refractivity contribution in [1.29, 1.82) is 0 Å². The minimum Gasteiger partial charge on any atom is -0.390 e. The number of piperidine rings is 1. The van der Waals surface area contributed by atoms with Gasteiger partial charge < -0.3 is 21.1 Å². The zero-order chi connectivity index (χ0) is 31.3. The number of aliphatic hydroxyl groups excluding tert-OH is 1. The molecule has 7 heteroatoms. The van der Waals surface area contributed by atoms with Gasteiger partial charge in [-0.05, 0) is 68.3 Å². The third-order valence-electron chi connectivity index (χ3n) is 8.78. The Hall–Kier alpha value is -1.96. The van der Waals surface area contributed by atoms with E-state index in [9.17, 15) is 14.7 Å². The van der Waals surface area contributed by atoms with Gasteiger partial charge in [-0.25, -0.2) is 0 Å². The third-order valence-corrected chi connectivity index (χ3v) is 8.78. The molecular formula is C35H60N4O3. The molecule has 0 aromatic heterocycles. The molecule has 42 heavy (non-hydrogen) atoms. The Morgan fingerprint density at radius 3 is 2.14 bits per heavy atom. The van der Waals surface area contributed by atoms with Crippen LogP contribution in [0.3, 0.4) is 0 Å². The number of amides is 2. The van der Waals surface area contributed by atoms with Gasteiger partial charge in [0.25, 0.3) is 0 Å². The average Bonchev–Trinajstić information content (AvgIpc) is 2.86. The molecule has 0 radical (unpaired) electrons. The predicted molar refractivity (Wildman–Crippen MR) is 172 cm³/mol. The van der Waals surface area contributed by atoms with E-state index in [4.69, 9.17) is 0 Å². The molecule has 1 saturated heterocycles. The maximum atomic E-state index is 13.9. The van der Waals surface area contributed by atoms with Crippen LogP contribution in [-0.2, 0) is 16.0 Å². The molecular weight excluding hydrogens is 524 g/mol. The summed E-state index contributed by atoms with van der Waals surface area (Å²) < 4.78 is 0. The molecule has 6 atom stereocenters. The second-order valence-electron chi connectivity index (χ2n) is 16.4. The SMILES string of the molecule is CC(C)(C)CN[C@H](C(=O)N[C@@H](Cc1ccccc1)[C@H](O)CN1CC2CCCC[C@H]2CC1C(=O)NC(C)(C)C)C(C)(C)C. The first kappa shape index (κ1) is 34.5. The summed E-state index contributed by atoms with van der Waals surface area (Å²) in [6, 6.07) is 8.86. The van der Waals surface area contributed by atoms with Crippen LogP contribution in [0.2, 0.25) is 0 Å². The van der Waals surface area contributed by atoms with E-state index >= 15 is 0 Å². The highest BCUT2D eigenvalue weighted by atomic mass is 16.3. The van der Waals surface area contributed by atoms with Gasteiger partial charge in [0.15, 0.2) is 0 Å². The van der Waals surface area contributed by atoms with Crippen LogP contribution in [0.4, 0.5) is 0 Å². The van der Waals surface area contributed by atoms with Crippen molar-refractivity contribution < 1.29 is 14.7 Å². The Morgan fingerprint density at radius 1 is 0.952 bits per heavy atom. The van der Waals surface area contributed by atoms with Crippen molar-refractivity contribution >= 4 is 11.8 Å². The number of nitrogens with zero attached hydrogens (tertiary/aromatic N) is 1. The first-order valence-electron chi connectivity index (χ1n) is 16.2. The van der Waals surface area contributed by atoms with Gasteiger partial charge in [0.1, 0.15) is 0 Å². The van der Waals surface area contributed by atoms with Crippen molar-refractivity contribution in [3.05, 3.63) is 35.9 Å². The number of rotatable bonds is 10. The Labute approximate surface area is 256 Å². The van der Waals surface area contributed by atoms with Crippen molar-refractivity contribution in [2.75, 3.05) is 19.6 Å². The summed E-state index contributed by atoms with van der Waals surface area (Å²) in [5.74, 6) is 1.06. The van der Waals surface area contributed by atoms with Crippen LogP contribution in [-0.4, -0.2) is 71.2 Å². The molecule has 238 valence electrons. The molecule has 1 aliphatic heterocycles. The quantitative estimate of drug-likeness (QED) is 0.313. The maximum Gasteiger partial charge on any atom is 0.237 e. The number of aliphatic hydroxyl groups is 1. The Bertz CT molecular complexity index is 1010. The summed E-state index contributed by atoms with van der Waals surface area (Å²) in [7, 11) is 0. The number of hydrogen-bond donors (Lipinski definition) is 4. The van der Waals surface area contributed by atoms with E-state index in [2.05, 4.69) is 62.4 Å². The molecule has 7 nitrogen and oxygen atoms in total. The summed E-state index contributed by atoms with van der Waals surface area (Å²) in [6.45, 7) is 20.6. The van der Waals surface area contributed by atoms with E-state index in [0.29, 0.717) is 31.3 Å². The first-order valence-corrected chi connectivity index (χ1v) is 16.2. The zero-order valence-corrected chi connectivity index (χ0v) is 27.9. The summed E-state index contributed by atoms with van der Waals surface area (Å²) >= 11 is 0. The highest BCUT2D eigenvalue weighted by Crippen LogP contribution is 2.39. The molecule has 4 N–H and O–H groups in total. The summed E-state index contributed by atoms with van der Waals surface area (Å²) in [4.78, 5) is 29.6. The monoisotopic (exact) mass is 584 g/mol. The number of fused-ring (bicyclic) bond motifs is 1. The second-order valence-corrected chi connectivity index (χ2v) is 16.4. The summed E-state index contributed by atoms with van der Waals surface area (Å²) in [5, 5.41) is 21.8. The Kier molecular flexibility index (Phi) is 11.7. The number of carbonyl (C=O) groups excluding carboxylic acids is 2. The highest BCUT2D eigenvalue weighted by molar-refractivity contribution is 5.83. The van der Waals surface area contributed by atoms with Crippen molar-refractivity contribution in [1.82, 2.24) is 20.9 Å². The highest BCUT2D eigenvalue weighted by Gasteiger charge is 2.42. The lowest BCUT2D eigenvalue weighted by Gasteiger charge is -2.47. The fourth-order valence-corrected chi connectivity index (χ4v) is 6.61. The number of nitrogens with one attached hydrogen (secondary N) is 3. The number of benzene rings is 1. The largest absolute Gasteiger partial charge is 0.390 e. The molecule has 1 heterocycles. The van der Waals surface area contributed by atoms with E-state index in [0.717, 1.165) is 18.5 Å². The molecule has 2 fully saturated rings. The molecule has 2 amide bonds. The normalized spacial score (nSPS) is 24.3. The van der Waals surface area contributed by atoms with Crippen LogP contribution in [0.15, 0.2) is 30.3 Å². The molecule has 1 aromatic rings. The standard InChI is InChI=1S/C35H60N4O3/c1-33(2,3)23-36-30(34(4,5)6)32(42)37-27(19-24-15-11-10-12-16-24)29(40)22-39-21-26-18-14-13-17-25(26)20-28(39)31(41)38-35(7,8)9/h10-12,15-16,25-30,36,40H,13-14,17-23H2,1-9H3,(H,37,42)(H,38,41)/t25-,26?,27-,28?,29+,30+/m0/s1. The predicted octanol–water partition coefficient (Wildman–Crippen LogP) is 4.92. The number of carbonyl (C=O) groups is 2. The number of hydrogen-bond acceptors (Lipinski definition) is 5. The molecule has 2 aliphatic rings. The molecule has 0 spiro atoms. The van der Waals surface area contributed by atoms with Crippen LogP contribution >= 0.6 is 0 Å². The van der Waals surface area contributed by atoms with Crippen LogP contribution in [0, 0.1) is 22.7 Å². The molecule has 1 aliphatic carbocycles. The lowest BCUT2D eigenvalue weighted by molar-refractivity contribution is -0.133. The molecule has 1 aromatic carbocycles. The van der Waals surface area contributed by atoms with E-state index < -0.39 is 18.2 Å². The minimum atomic E-state index is -0.831. The third kappa shape index (κ3) is 10.6. The van der Waals surface area contributed by atoms with Gasteiger partial charge in [-0.3, -0.25) is 14.5 Å². The van der Waals surface area contributed by atoms with Gasteiger partial charge in [-0.15, -0.1) is 0 Å². The molecule has 3 rings (SSSR count). The topological polar surface area (TPSA) is 93.7 Å². The van der Waals surface area contributed by atoms with Gasteiger partial charge >= 0.3 is 0 Å². The van der Waals surface area contributed by atoms with Crippen LogP contribution < -0.4 is 16.0 Å². The fourth-order valence-electron chi connectivity index (χ4n) is 6.61. The second kappa shape index (κ2) is 14.2. The Morgan fingerprint density at radius 2 is 1.57 bits per heavy atom. The smallest absolute Gasteiger partial charge is 0.237 e. The Balaban J connectivity index is 1.84. The summed E-state index contributed by atoms with van der Waals surface area (Å²) in [5.41, 5.74) is 0.457. The zero-order valence-electron chi connectivity index (χ0n) is 27.9. The minimum absolute atomic E-state index is 0.0284. The van der Waals surface area contributed by atoms with Gasteiger partial charge in [0.05, 0.1) is 24.2 Å². The summed E-state index contributed by atoms with van der Waals surface area (Å²) in [6.07, 6.45) is 5.35. The van der Waals surface area contributed by atoms with Crippen molar-refractivity contribution in [3.8, 4) is 0 Å².